The van der Waals surface area contributed by atoms with Gasteiger partial charge in [0.2, 0.25) is 0 Å². The van der Waals surface area contributed by atoms with Crippen LogP contribution in [0.1, 0.15) is 6.42 Å². The number of benzene rings is 3. The van der Waals surface area contributed by atoms with E-state index < -0.39 is 5.97 Å². The Balaban J connectivity index is -0.000000252. The summed E-state index contributed by atoms with van der Waals surface area (Å²) in [4.78, 5) is 9.31. The Labute approximate surface area is 186 Å². The van der Waals surface area contributed by atoms with Crippen LogP contribution in [-0.2, 0) is 4.79 Å². The van der Waals surface area contributed by atoms with Crippen LogP contribution in [0.2, 0.25) is 0 Å². The van der Waals surface area contributed by atoms with Crippen molar-refractivity contribution in [3.8, 4) is 0 Å². The monoisotopic (exact) mass is 456 g/mol. The first kappa shape index (κ1) is 28.4. The molecule has 2 nitrogen and oxygen atoms in total. The first-order chi connectivity index (χ1) is 11.3. The van der Waals surface area contributed by atoms with Crippen molar-refractivity contribution >= 4 is 14.4 Å². The minimum Gasteiger partial charge on any atom is -0.483 e. The van der Waals surface area contributed by atoms with E-state index >= 15 is 0 Å². The summed E-state index contributed by atoms with van der Waals surface area (Å²) in [6, 6.07) is 37.5. The number of hydrogen-bond acceptors (Lipinski definition) is 1. The second-order valence-electron chi connectivity index (χ2n) is 3.88. The molecule has 0 saturated carbocycles. The molecule has 0 spiro atoms. The van der Waals surface area contributed by atoms with Crippen LogP contribution in [0.3, 0.4) is 0 Å². The summed E-state index contributed by atoms with van der Waals surface area (Å²) in [5.41, 5.74) is 0. The van der Waals surface area contributed by atoms with Crippen molar-refractivity contribution in [1.82, 2.24) is 0 Å². The zero-order valence-electron chi connectivity index (χ0n) is 14.1. The van der Waals surface area contributed by atoms with E-state index in [1.165, 1.54) is 0 Å². The number of carboxylic acid groups (broad SMARTS) is 1. The minimum absolute atomic E-state index is 0. The molecule has 0 bridgehead atoms. The minimum atomic E-state index is -0.856. The smallest absolute Gasteiger partial charge is 0.272 e. The Morgan fingerprint density at radius 2 is 0.880 bits per heavy atom. The average molecular weight is 456 g/mol. The summed E-state index contributed by atoms with van der Waals surface area (Å²) in [7, 11) is 0. The maximum atomic E-state index is 9.31. The molecule has 0 fully saturated rings. The summed E-state index contributed by atoms with van der Waals surface area (Å²) < 4.78 is 0. The molecule has 0 atom stereocenters. The standard InChI is InChI=1S/3C6H5.C3H5O2.B.Pr/c3*1-2-4-6-5-3-1;1-2-3(4)5;;/h3*1-5H;1-2H2,(H,4,5);;/q4*-1;;. The van der Waals surface area contributed by atoms with Gasteiger partial charge in [-0.15, -0.1) is 0 Å². The molecule has 4 radical (unpaired) electrons. The van der Waals surface area contributed by atoms with Gasteiger partial charge >= 0.3 is 0 Å². The molecule has 4 heteroatoms. The fraction of sp³-hybridized carbons (Fsp3) is 0.0476. The first-order valence-corrected chi connectivity index (χ1v) is 7.01. The number of hydrogen-bond donors (Lipinski definition) is 1. The van der Waals surface area contributed by atoms with E-state index in [9.17, 15) is 4.79 Å². The maximum Gasteiger partial charge on any atom is 0.272 e. The zero-order valence-corrected chi connectivity index (χ0v) is 17.8. The predicted molar refractivity (Wildman–Crippen MR) is 99.2 cm³/mol. The maximum absolute atomic E-state index is 9.31. The van der Waals surface area contributed by atoms with Crippen molar-refractivity contribution in [1.29, 1.82) is 0 Å². The van der Waals surface area contributed by atoms with Gasteiger partial charge in [0.15, 0.2) is 0 Å². The molecule has 0 aliphatic carbocycles. The van der Waals surface area contributed by atoms with Crippen LogP contribution < -0.4 is 0 Å². The van der Waals surface area contributed by atoms with Crippen LogP contribution >= 0.6 is 0 Å². The summed E-state index contributed by atoms with van der Waals surface area (Å²) in [5, 5.41) is 7.66. The Kier molecular flexibility index (Phi) is 28.1. The van der Waals surface area contributed by atoms with Gasteiger partial charge in [-0.1, -0.05) is 6.42 Å². The fourth-order valence-corrected chi connectivity index (χ4v) is 1.03. The first-order valence-electron chi connectivity index (χ1n) is 7.01. The normalized spacial score (nSPS) is 7.24. The van der Waals surface area contributed by atoms with Crippen molar-refractivity contribution < 1.29 is 51.2 Å². The van der Waals surface area contributed by atoms with Crippen molar-refractivity contribution in [2.45, 2.75) is 6.42 Å². The van der Waals surface area contributed by atoms with Crippen molar-refractivity contribution in [3.63, 3.8) is 0 Å². The molecule has 0 heterocycles. The second-order valence-corrected chi connectivity index (χ2v) is 3.88. The van der Waals surface area contributed by atoms with E-state index in [0.29, 0.717) is 0 Å². The van der Waals surface area contributed by atoms with Crippen molar-refractivity contribution in [2.75, 3.05) is 0 Å². The molecule has 0 aromatic heterocycles. The fourth-order valence-electron chi connectivity index (χ4n) is 1.03. The third-order valence-electron chi connectivity index (χ3n) is 2.04. The quantitative estimate of drug-likeness (QED) is 0.437. The molecule has 0 aliphatic rings. The summed E-state index contributed by atoms with van der Waals surface area (Å²) in [5.74, 6) is -0.856. The third kappa shape index (κ3) is 27.7. The third-order valence-corrected chi connectivity index (χ3v) is 2.04. The molecule has 3 aromatic rings. The van der Waals surface area contributed by atoms with Crippen LogP contribution in [0.25, 0.3) is 0 Å². The summed E-state index contributed by atoms with van der Waals surface area (Å²) in [6.45, 7) is 3.09. The molecule has 25 heavy (non-hydrogen) atoms. The molecular formula is C21H20BO2Pr-4. The van der Waals surface area contributed by atoms with Crippen LogP contribution in [0, 0.1) is 66.4 Å². The topological polar surface area (TPSA) is 37.3 Å². The molecule has 0 aliphatic heterocycles. The van der Waals surface area contributed by atoms with Crippen LogP contribution in [0.4, 0.5) is 0 Å². The summed E-state index contributed by atoms with van der Waals surface area (Å²) in [6.07, 6.45) is -0.0278. The molecule has 3 aromatic carbocycles. The van der Waals surface area contributed by atoms with Crippen LogP contribution in [-0.4, -0.2) is 19.5 Å². The molecule has 0 amide bonds. The average Bonchev–Trinajstić information content (AvgIpc) is 2.67. The van der Waals surface area contributed by atoms with Crippen LogP contribution in [0.15, 0.2) is 91.0 Å². The van der Waals surface area contributed by atoms with Gasteiger partial charge in [-0.05, 0) is 0 Å². The van der Waals surface area contributed by atoms with Gasteiger partial charge in [0.25, 0.3) is 5.97 Å². The predicted octanol–water partition coefficient (Wildman–Crippen LogP) is 4.37. The SMILES string of the molecule is [B].[CH2-]CC(=O)O.[Pr].[c-]1ccccc1.[c-]1ccccc1.[c-]1ccccc1. The Morgan fingerprint density at radius 3 is 0.920 bits per heavy atom. The van der Waals surface area contributed by atoms with Gasteiger partial charge in [0.1, 0.15) is 0 Å². The number of rotatable bonds is 1. The van der Waals surface area contributed by atoms with E-state index in [-0.39, 0.29) is 56.1 Å². The second kappa shape index (κ2) is 24.8. The number of carbonyl (C=O) groups is 1. The van der Waals surface area contributed by atoms with Gasteiger partial charge in [-0.25, -0.2) is 0 Å². The van der Waals surface area contributed by atoms with E-state index in [0.717, 1.165) is 0 Å². The largest absolute Gasteiger partial charge is 0.483 e. The molecule has 126 valence electrons. The molecule has 3 rings (SSSR count). The molecule has 1 N–H and O–H groups in total. The number of carboxylic acids is 1. The van der Waals surface area contributed by atoms with Gasteiger partial charge in [0.05, 0.1) is 0 Å². The van der Waals surface area contributed by atoms with Gasteiger partial charge in [-0.2, -0.15) is 109 Å². The van der Waals surface area contributed by atoms with Crippen molar-refractivity contribution in [2.24, 2.45) is 0 Å². The van der Waals surface area contributed by atoms with Gasteiger partial charge in [-0.3, -0.25) is 4.79 Å². The van der Waals surface area contributed by atoms with Crippen molar-refractivity contribution in [3.05, 3.63) is 116 Å². The Morgan fingerprint density at radius 1 is 0.680 bits per heavy atom. The van der Waals surface area contributed by atoms with E-state index in [1.54, 1.807) is 0 Å². The van der Waals surface area contributed by atoms with E-state index in [1.807, 2.05) is 91.0 Å². The number of aliphatic carboxylic acids is 1. The van der Waals surface area contributed by atoms with Gasteiger partial charge < -0.3 is 12.0 Å². The summed E-state index contributed by atoms with van der Waals surface area (Å²) >= 11 is 0. The molecular weight excluding hydrogens is 436 g/mol. The van der Waals surface area contributed by atoms with Gasteiger partial charge in [0, 0.05) is 49.7 Å². The Bertz CT molecular complexity index is 408. The van der Waals surface area contributed by atoms with Crippen LogP contribution in [0.5, 0.6) is 0 Å². The zero-order chi connectivity index (χ0) is 17.0. The van der Waals surface area contributed by atoms with E-state index in [2.05, 4.69) is 25.1 Å². The molecule has 0 saturated heterocycles. The Hall–Kier alpha value is -1.44. The molecule has 0 unspecified atom stereocenters. The van der Waals surface area contributed by atoms with E-state index in [4.69, 9.17) is 5.11 Å².